The highest BCUT2D eigenvalue weighted by atomic mass is 79.9. The molecule has 2 nitrogen and oxygen atoms in total. The smallest absolute Gasteiger partial charge is 0.411 e. The van der Waals surface area contributed by atoms with Gasteiger partial charge < -0.3 is 9.47 Å². The van der Waals surface area contributed by atoms with Gasteiger partial charge in [-0.3, -0.25) is 0 Å². The largest absolute Gasteiger partial charge is 0.496 e. The number of hydrogen-bond acceptors (Lipinski definition) is 2. The van der Waals surface area contributed by atoms with Crippen molar-refractivity contribution in [3.8, 4) is 5.75 Å². The van der Waals surface area contributed by atoms with Crippen LogP contribution in [0.4, 0.5) is 13.2 Å². The van der Waals surface area contributed by atoms with Crippen molar-refractivity contribution in [2.75, 3.05) is 20.3 Å². The van der Waals surface area contributed by atoms with Gasteiger partial charge in [-0.25, -0.2) is 0 Å². The summed E-state index contributed by atoms with van der Waals surface area (Å²) in [6.45, 7) is 0.585. The van der Waals surface area contributed by atoms with E-state index in [2.05, 4.69) is 20.7 Å². The minimum absolute atomic E-state index is 0.0701. The third-order valence-electron chi connectivity index (χ3n) is 2.25. The van der Waals surface area contributed by atoms with E-state index in [0.29, 0.717) is 5.75 Å². The van der Waals surface area contributed by atoms with Crippen molar-refractivity contribution in [1.29, 1.82) is 0 Å². The van der Waals surface area contributed by atoms with Crippen molar-refractivity contribution < 1.29 is 22.6 Å². The van der Waals surface area contributed by atoms with Crippen LogP contribution in [-0.2, 0) is 4.74 Å². The molecule has 1 atom stereocenters. The second-order valence-corrected chi connectivity index (χ2v) is 4.95. The molecule has 0 heterocycles. The number of ether oxygens (including phenoxy) is 2. The van der Waals surface area contributed by atoms with E-state index in [-0.39, 0.29) is 11.4 Å². The molecule has 0 fully saturated rings. The number of hydrogen-bond donors (Lipinski definition) is 0. The van der Waals surface area contributed by atoms with Gasteiger partial charge in [-0.1, -0.05) is 33.6 Å². The first kappa shape index (κ1) is 15.3. The fourth-order valence-corrected chi connectivity index (χ4v) is 2.01. The minimum atomic E-state index is -4.30. The Balaban J connectivity index is 2.66. The van der Waals surface area contributed by atoms with Crippen molar-refractivity contribution in [3.63, 3.8) is 0 Å². The Bertz CT molecular complexity index is 393. The Kier molecular flexibility index (Phi) is 5.47. The number of alkyl halides is 4. The Morgan fingerprint density at radius 2 is 2.00 bits per heavy atom. The van der Waals surface area contributed by atoms with Gasteiger partial charge >= 0.3 is 6.18 Å². The van der Waals surface area contributed by atoms with E-state index in [1.807, 2.05) is 19.1 Å². The second-order valence-electron chi connectivity index (χ2n) is 3.84. The summed E-state index contributed by atoms with van der Waals surface area (Å²) in [4.78, 5) is -0.338. The van der Waals surface area contributed by atoms with Crippen LogP contribution >= 0.6 is 15.9 Å². The molecule has 0 aliphatic heterocycles. The maximum atomic E-state index is 12.0. The summed E-state index contributed by atoms with van der Waals surface area (Å²) in [6, 6.07) is 5.51. The standard InChI is InChI=1S/C12H14BrF3O2/c1-8-3-4-11(17-2)9(5-8)10(13)6-18-7-12(14,15)16/h3-5,10H,6-7H2,1-2H3. The lowest BCUT2D eigenvalue weighted by Crippen LogP contribution is -2.18. The van der Waals surface area contributed by atoms with Gasteiger partial charge in [0, 0.05) is 5.56 Å². The van der Waals surface area contributed by atoms with Gasteiger partial charge in [0.05, 0.1) is 18.5 Å². The van der Waals surface area contributed by atoms with Crippen molar-refractivity contribution in [1.82, 2.24) is 0 Å². The molecule has 0 aromatic heterocycles. The fourth-order valence-electron chi connectivity index (χ4n) is 1.47. The second kappa shape index (κ2) is 6.43. The van der Waals surface area contributed by atoms with Crippen LogP contribution in [0.5, 0.6) is 5.75 Å². The van der Waals surface area contributed by atoms with Crippen LogP contribution in [0.15, 0.2) is 18.2 Å². The molecule has 0 amide bonds. The molecule has 0 saturated carbocycles. The maximum absolute atomic E-state index is 12.0. The highest BCUT2D eigenvalue weighted by molar-refractivity contribution is 9.09. The van der Waals surface area contributed by atoms with Gasteiger partial charge in [-0.05, 0) is 13.0 Å². The molecular formula is C12H14BrF3O2. The van der Waals surface area contributed by atoms with E-state index >= 15 is 0 Å². The molecular weight excluding hydrogens is 313 g/mol. The summed E-state index contributed by atoms with van der Waals surface area (Å²) in [6.07, 6.45) is -4.30. The lowest BCUT2D eigenvalue weighted by molar-refractivity contribution is -0.173. The predicted octanol–water partition coefficient (Wildman–Crippen LogP) is 4.02. The number of methoxy groups -OCH3 is 1. The molecule has 0 radical (unpaired) electrons. The predicted molar refractivity (Wildman–Crippen MR) is 66.3 cm³/mol. The van der Waals surface area contributed by atoms with Gasteiger partial charge in [0.15, 0.2) is 0 Å². The zero-order chi connectivity index (χ0) is 13.8. The van der Waals surface area contributed by atoms with Crippen LogP contribution in [0.25, 0.3) is 0 Å². The van der Waals surface area contributed by atoms with Crippen LogP contribution < -0.4 is 4.74 Å². The third-order valence-corrected chi connectivity index (χ3v) is 3.01. The lowest BCUT2D eigenvalue weighted by Gasteiger charge is -2.16. The van der Waals surface area contributed by atoms with E-state index in [0.717, 1.165) is 11.1 Å². The lowest BCUT2D eigenvalue weighted by atomic mass is 10.1. The summed E-state index contributed by atoms with van der Waals surface area (Å²) in [5.74, 6) is 0.623. The molecule has 6 heteroatoms. The Morgan fingerprint density at radius 1 is 1.33 bits per heavy atom. The van der Waals surface area contributed by atoms with Crippen LogP contribution in [0, 0.1) is 6.92 Å². The summed E-state index contributed by atoms with van der Waals surface area (Å²) < 4.78 is 45.6. The Labute approximate surface area is 112 Å². The van der Waals surface area contributed by atoms with Gasteiger partial charge in [0.25, 0.3) is 0 Å². The van der Waals surface area contributed by atoms with Crippen LogP contribution in [-0.4, -0.2) is 26.5 Å². The molecule has 0 spiro atoms. The van der Waals surface area contributed by atoms with E-state index in [9.17, 15) is 13.2 Å². The van der Waals surface area contributed by atoms with E-state index in [4.69, 9.17) is 4.74 Å². The SMILES string of the molecule is COc1ccc(C)cc1C(Br)COCC(F)(F)F. The van der Waals surface area contributed by atoms with Crippen LogP contribution in [0.1, 0.15) is 16.0 Å². The summed E-state index contributed by atoms with van der Waals surface area (Å²) in [7, 11) is 1.52. The molecule has 0 N–H and O–H groups in total. The summed E-state index contributed by atoms with van der Waals surface area (Å²) in [5, 5.41) is 0. The molecule has 1 rings (SSSR count). The van der Waals surface area contributed by atoms with Gasteiger partial charge in [-0.2, -0.15) is 13.2 Å². The van der Waals surface area contributed by atoms with Crippen LogP contribution in [0.3, 0.4) is 0 Å². The normalized spacial score (nSPS) is 13.4. The van der Waals surface area contributed by atoms with Crippen molar-refractivity contribution >= 4 is 15.9 Å². The average molecular weight is 327 g/mol. The molecule has 18 heavy (non-hydrogen) atoms. The zero-order valence-electron chi connectivity index (χ0n) is 10.1. The van der Waals surface area contributed by atoms with Crippen molar-refractivity contribution in [3.05, 3.63) is 29.3 Å². The average Bonchev–Trinajstić information content (AvgIpc) is 2.27. The molecule has 1 unspecified atom stereocenters. The van der Waals surface area contributed by atoms with E-state index in [1.165, 1.54) is 7.11 Å². The van der Waals surface area contributed by atoms with Gasteiger partial charge in [0.2, 0.25) is 0 Å². The van der Waals surface area contributed by atoms with Crippen LogP contribution in [0.2, 0.25) is 0 Å². The molecule has 0 aliphatic rings. The highest BCUT2D eigenvalue weighted by Crippen LogP contribution is 2.32. The first-order chi connectivity index (χ1) is 8.33. The van der Waals surface area contributed by atoms with Crippen molar-refractivity contribution in [2.24, 2.45) is 0 Å². The molecule has 102 valence electrons. The first-order valence-electron chi connectivity index (χ1n) is 5.26. The van der Waals surface area contributed by atoms with Crippen molar-refractivity contribution in [2.45, 2.75) is 17.9 Å². The monoisotopic (exact) mass is 326 g/mol. The Hall–Kier alpha value is -0.750. The molecule has 0 aliphatic carbocycles. The number of aryl methyl sites for hydroxylation is 1. The van der Waals surface area contributed by atoms with E-state index in [1.54, 1.807) is 6.07 Å². The minimum Gasteiger partial charge on any atom is -0.496 e. The number of rotatable bonds is 5. The summed E-state index contributed by atoms with van der Waals surface area (Å²) in [5.41, 5.74) is 1.78. The molecule has 1 aromatic carbocycles. The molecule has 1 aromatic rings. The van der Waals surface area contributed by atoms with Gasteiger partial charge in [-0.15, -0.1) is 0 Å². The third kappa shape index (κ3) is 4.86. The first-order valence-corrected chi connectivity index (χ1v) is 6.18. The fraction of sp³-hybridized carbons (Fsp3) is 0.500. The molecule has 0 saturated heterocycles. The highest BCUT2D eigenvalue weighted by Gasteiger charge is 2.28. The topological polar surface area (TPSA) is 18.5 Å². The maximum Gasteiger partial charge on any atom is 0.411 e. The summed E-state index contributed by atoms with van der Waals surface area (Å²) >= 11 is 3.31. The zero-order valence-corrected chi connectivity index (χ0v) is 11.6. The molecule has 0 bridgehead atoms. The Morgan fingerprint density at radius 3 is 2.56 bits per heavy atom. The number of benzene rings is 1. The number of halogens is 4. The van der Waals surface area contributed by atoms with Gasteiger partial charge in [0.1, 0.15) is 12.4 Å². The quantitative estimate of drug-likeness (QED) is 0.761. The van der Waals surface area contributed by atoms with E-state index < -0.39 is 12.8 Å².